The molecule has 3 aromatic rings. The van der Waals surface area contributed by atoms with Crippen LogP contribution in [0.3, 0.4) is 0 Å². The Balaban J connectivity index is 1.44. The van der Waals surface area contributed by atoms with Crippen LogP contribution in [0, 0.1) is 6.92 Å². The number of aromatic nitrogens is 3. The van der Waals surface area contributed by atoms with Crippen molar-refractivity contribution in [3.63, 3.8) is 0 Å². The fraction of sp³-hybridized carbons (Fsp3) is 0.389. The molecule has 0 aliphatic carbocycles. The van der Waals surface area contributed by atoms with Crippen molar-refractivity contribution in [2.75, 3.05) is 29.9 Å². The minimum absolute atomic E-state index is 0.415. The van der Waals surface area contributed by atoms with Gasteiger partial charge in [0.1, 0.15) is 5.52 Å². The molecule has 6 nitrogen and oxygen atoms in total. The first-order chi connectivity index (χ1) is 12.1. The Labute approximate surface area is 151 Å². The van der Waals surface area contributed by atoms with E-state index >= 15 is 0 Å². The second kappa shape index (κ2) is 6.52. The van der Waals surface area contributed by atoms with Crippen molar-refractivity contribution < 1.29 is 4.42 Å². The van der Waals surface area contributed by atoms with Crippen LogP contribution in [0.5, 0.6) is 0 Å². The minimum atomic E-state index is 0.415. The van der Waals surface area contributed by atoms with Crippen molar-refractivity contribution in [3.05, 3.63) is 41.2 Å². The van der Waals surface area contributed by atoms with Crippen LogP contribution in [0.4, 0.5) is 12.0 Å². The van der Waals surface area contributed by atoms with Gasteiger partial charge in [-0.1, -0.05) is 11.6 Å². The first kappa shape index (κ1) is 16.1. The highest BCUT2D eigenvalue weighted by Crippen LogP contribution is 2.28. The first-order valence-corrected chi connectivity index (χ1v) is 8.80. The highest BCUT2D eigenvalue weighted by molar-refractivity contribution is 6.31. The van der Waals surface area contributed by atoms with E-state index in [2.05, 4.69) is 31.8 Å². The summed E-state index contributed by atoms with van der Waals surface area (Å²) in [6.45, 7) is 3.78. The Morgan fingerprint density at radius 2 is 1.92 bits per heavy atom. The van der Waals surface area contributed by atoms with Gasteiger partial charge in [0.05, 0.1) is 0 Å². The number of aryl methyl sites for hydroxylation is 1. The van der Waals surface area contributed by atoms with Gasteiger partial charge >= 0.3 is 0 Å². The molecule has 0 N–H and O–H groups in total. The molecule has 3 heterocycles. The van der Waals surface area contributed by atoms with E-state index in [1.54, 1.807) is 0 Å². The van der Waals surface area contributed by atoms with Crippen LogP contribution < -0.4 is 9.80 Å². The molecule has 1 fully saturated rings. The maximum atomic E-state index is 6.02. The molecule has 0 atom stereocenters. The van der Waals surface area contributed by atoms with Gasteiger partial charge in [0.2, 0.25) is 5.95 Å². The summed E-state index contributed by atoms with van der Waals surface area (Å²) in [5, 5.41) is 0.661. The highest BCUT2D eigenvalue weighted by atomic mass is 35.5. The summed E-state index contributed by atoms with van der Waals surface area (Å²) in [4.78, 5) is 17.8. The van der Waals surface area contributed by atoms with Gasteiger partial charge in [-0.3, -0.25) is 0 Å². The van der Waals surface area contributed by atoms with Crippen LogP contribution in [-0.2, 0) is 0 Å². The van der Waals surface area contributed by atoms with E-state index in [1.165, 1.54) is 0 Å². The summed E-state index contributed by atoms with van der Waals surface area (Å²) < 4.78 is 5.87. The van der Waals surface area contributed by atoms with E-state index in [0.717, 1.165) is 48.5 Å². The lowest BCUT2D eigenvalue weighted by atomic mass is 10.0. The van der Waals surface area contributed by atoms with Crippen molar-refractivity contribution >= 4 is 34.7 Å². The van der Waals surface area contributed by atoms with Crippen molar-refractivity contribution in [2.45, 2.75) is 25.8 Å². The number of hydrogen-bond donors (Lipinski definition) is 0. The van der Waals surface area contributed by atoms with Crippen LogP contribution in [0.2, 0.25) is 5.02 Å². The van der Waals surface area contributed by atoms with Crippen molar-refractivity contribution in [2.24, 2.45) is 0 Å². The largest absolute Gasteiger partial charge is 0.423 e. The molecule has 0 unspecified atom stereocenters. The van der Waals surface area contributed by atoms with Gasteiger partial charge < -0.3 is 14.2 Å². The number of hydrogen-bond acceptors (Lipinski definition) is 6. The van der Waals surface area contributed by atoms with Crippen molar-refractivity contribution in [3.8, 4) is 0 Å². The molecular weight excluding hydrogens is 338 g/mol. The van der Waals surface area contributed by atoms with Crippen LogP contribution in [0.15, 0.2) is 35.0 Å². The molecule has 4 rings (SSSR count). The first-order valence-electron chi connectivity index (χ1n) is 8.43. The van der Waals surface area contributed by atoms with Crippen LogP contribution >= 0.6 is 11.6 Å². The zero-order chi connectivity index (χ0) is 17.4. The van der Waals surface area contributed by atoms with E-state index in [1.807, 2.05) is 37.5 Å². The van der Waals surface area contributed by atoms with E-state index in [9.17, 15) is 0 Å². The van der Waals surface area contributed by atoms with Gasteiger partial charge in [0.15, 0.2) is 5.58 Å². The molecule has 1 aliphatic rings. The SMILES string of the molecule is Cc1cnc(N(C)C2CCN(c3nc4ccc(Cl)cc4o3)CC2)nc1. The molecule has 130 valence electrons. The number of halogens is 1. The van der Waals surface area contributed by atoms with E-state index in [0.29, 0.717) is 17.1 Å². The number of nitrogens with zero attached hydrogens (tertiary/aromatic N) is 5. The topological polar surface area (TPSA) is 58.3 Å². The number of anilines is 2. The summed E-state index contributed by atoms with van der Waals surface area (Å²) in [5.41, 5.74) is 2.64. The summed E-state index contributed by atoms with van der Waals surface area (Å²) in [6.07, 6.45) is 5.73. The fourth-order valence-electron chi connectivity index (χ4n) is 3.20. The molecular formula is C18H20ClN5O. The zero-order valence-corrected chi connectivity index (χ0v) is 15.1. The lowest BCUT2D eigenvalue weighted by Gasteiger charge is -2.36. The minimum Gasteiger partial charge on any atom is -0.423 e. The second-order valence-corrected chi connectivity index (χ2v) is 6.93. The molecule has 2 aromatic heterocycles. The Morgan fingerprint density at radius 3 is 2.64 bits per heavy atom. The predicted molar refractivity (Wildman–Crippen MR) is 99.4 cm³/mol. The molecule has 0 bridgehead atoms. The van der Waals surface area contributed by atoms with Crippen LogP contribution in [-0.4, -0.2) is 41.1 Å². The fourth-order valence-corrected chi connectivity index (χ4v) is 3.36. The molecule has 1 saturated heterocycles. The predicted octanol–water partition coefficient (Wildman–Crippen LogP) is 3.68. The second-order valence-electron chi connectivity index (χ2n) is 6.50. The smallest absolute Gasteiger partial charge is 0.298 e. The van der Waals surface area contributed by atoms with Gasteiger partial charge in [0, 0.05) is 49.7 Å². The van der Waals surface area contributed by atoms with E-state index in [4.69, 9.17) is 16.0 Å². The van der Waals surface area contributed by atoms with Gasteiger partial charge in [-0.05, 0) is 37.5 Å². The normalized spacial score (nSPS) is 15.7. The molecule has 1 aromatic carbocycles. The van der Waals surface area contributed by atoms with Gasteiger partial charge in [-0.15, -0.1) is 0 Å². The molecule has 1 aliphatic heterocycles. The third kappa shape index (κ3) is 3.26. The number of rotatable bonds is 3. The standard InChI is InChI=1S/C18H20ClN5O/c1-12-10-20-17(21-11-12)23(2)14-5-7-24(8-6-14)18-22-15-4-3-13(19)9-16(15)25-18/h3-4,9-11,14H,5-8H2,1-2H3. The molecule has 0 saturated carbocycles. The number of fused-ring (bicyclic) bond motifs is 1. The number of benzene rings is 1. The summed E-state index contributed by atoms with van der Waals surface area (Å²) in [7, 11) is 2.06. The van der Waals surface area contributed by atoms with Crippen LogP contribution in [0.1, 0.15) is 18.4 Å². The quantitative estimate of drug-likeness (QED) is 0.712. The molecule has 25 heavy (non-hydrogen) atoms. The molecule has 0 radical (unpaired) electrons. The monoisotopic (exact) mass is 357 g/mol. The van der Waals surface area contributed by atoms with Gasteiger partial charge in [-0.25, -0.2) is 9.97 Å². The van der Waals surface area contributed by atoms with Gasteiger partial charge in [-0.2, -0.15) is 4.98 Å². The van der Waals surface area contributed by atoms with Crippen LogP contribution in [0.25, 0.3) is 11.1 Å². The summed E-state index contributed by atoms with van der Waals surface area (Å²) >= 11 is 6.02. The third-order valence-electron chi connectivity index (χ3n) is 4.70. The lowest BCUT2D eigenvalue weighted by molar-refractivity contribution is 0.450. The average molecular weight is 358 g/mol. The summed E-state index contributed by atoms with van der Waals surface area (Å²) in [6, 6.07) is 6.62. The maximum absolute atomic E-state index is 6.02. The Hall–Kier alpha value is -2.34. The lowest BCUT2D eigenvalue weighted by Crippen LogP contribution is -2.44. The molecule has 0 spiro atoms. The van der Waals surface area contributed by atoms with E-state index in [-0.39, 0.29) is 0 Å². The van der Waals surface area contributed by atoms with Crippen molar-refractivity contribution in [1.29, 1.82) is 0 Å². The maximum Gasteiger partial charge on any atom is 0.298 e. The number of piperidine rings is 1. The zero-order valence-electron chi connectivity index (χ0n) is 14.3. The highest BCUT2D eigenvalue weighted by Gasteiger charge is 2.26. The van der Waals surface area contributed by atoms with E-state index < -0.39 is 0 Å². The molecule has 0 amide bonds. The van der Waals surface area contributed by atoms with Gasteiger partial charge in [0.25, 0.3) is 6.01 Å². The average Bonchev–Trinajstić information content (AvgIpc) is 3.05. The Bertz CT molecular complexity index is 871. The third-order valence-corrected chi connectivity index (χ3v) is 4.94. The number of oxazole rings is 1. The molecule has 7 heteroatoms. The summed E-state index contributed by atoms with van der Waals surface area (Å²) in [5.74, 6) is 0.778. The Morgan fingerprint density at radius 1 is 1.20 bits per heavy atom. The van der Waals surface area contributed by atoms with Crippen molar-refractivity contribution in [1.82, 2.24) is 15.0 Å². The Kier molecular flexibility index (Phi) is 4.21.